The van der Waals surface area contributed by atoms with Crippen molar-refractivity contribution in [2.45, 2.75) is 13.3 Å². The molecule has 0 fully saturated rings. The minimum Gasteiger partial charge on any atom is -0.478 e. The van der Waals surface area contributed by atoms with Crippen molar-refractivity contribution in [2.75, 3.05) is 6.54 Å². The van der Waals surface area contributed by atoms with E-state index >= 15 is 0 Å². The first-order valence-corrected chi connectivity index (χ1v) is 7.94. The van der Waals surface area contributed by atoms with Crippen molar-refractivity contribution < 1.29 is 14.7 Å². The van der Waals surface area contributed by atoms with E-state index in [-0.39, 0.29) is 5.91 Å². The van der Waals surface area contributed by atoms with Crippen LogP contribution >= 0.6 is 22.7 Å². The lowest BCUT2D eigenvalue weighted by atomic mass is 10.3. The lowest BCUT2D eigenvalue weighted by Crippen LogP contribution is -2.24. The summed E-state index contributed by atoms with van der Waals surface area (Å²) in [5, 5.41) is 14.4. The second-order valence-electron chi connectivity index (χ2n) is 4.26. The molecule has 2 aromatic rings. The summed E-state index contributed by atoms with van der Waals surface area (Å²) < 4.78 is 0. The number of thiophene rings is 1. The number of aryl methyl sites for hydroxylation is 1. The number of aliphatic carboxylic acids is 1. The van der Waals surface area contributed by atoms with Crippen molar-refractivity contribution in [3.8, 4) is 0 Å². The first kappa shape index (κ1) is 15.4. The normalized spacial score (nSPS) is 10.9. The molecule has 0 atom stereocenters. The van der Waals surface area contributed by atoms with Gasteiger partial charge < -0.3 is 10.4 Å². The average Bonchev–Trinajstić information content (AvgIpc) is 3.05. The topological polar surface area (TPSA) is 79.3 Å². The monoisotopic (exact) mass is 322 g/mol. The minimum absolute atomic E-state index is 0.150. The van der Waals surface area contributed by atoms with Crippen LogP contribution in [0, 0.1) is 6.92 Å². The second-order valence-corrected chi connectivity index (χ2v) is 6.32. The molecule has 0 bridgehead atoms. The maximum Gasteiger partial charge on any atom is 0.328 e. The molecule has 0 saturated carbocycles. The molecule has 0 saturated heterocycles. The Hall–Kier alpha value is -1.99. The van der Waals surface area contributed by atoms with Crippen LogP contribution in [0.2, 0.25) is 0 Å². The summed E-state index contributed by atoms with van der Waals surface area (Å²) in [7, 11) is 0. The number of carbonyl (C=O) groups excluding carboxylic acids is 1. The van der Waals surface area contributed by atoms with Gasteiger partial charge in [-0.2, -0.15) is 0 Å². The third-order valence-electron chi connectivity index (χ3n) is 2.53. The van der Waals surface area contributed by atoms with Crippen LogP contribution in [0.5, 0.6) is 0 Å². The van der Waals surface area contributed by atoms with Crippen molar-refractivity contribution in [1.29, 1.82) is 0 Å². The Labute approximate surface area is 130 Å². The Morgan fingerprint density at radius 3 is 2.90 bits per heavy atom. The van der Waals surface area contributed by atoms with E-state index < -0.39 is 5.97 Å². The Morgan fingerprint density at radius 2 is 2.24 bits per heavy atom. The van der Waals surface area contributed by atoms with Gasteiger partial charge in [-0.3, -0.25) is 4.79 Å². The van der Waals surface area contributed by atoms with Gasteiger partial charge >= 0.3 is 5.97 Å². The molecule has 0 aliphatic heterocycles. The fourth-order valence-corrected chi connectivity index (χ4v) is 3.21. The number of carboxylic acids is 1. The van der Waals surface area contributed by atoms with Gasteiger partial charge in [0.15, 0.2) is 0 Å². The first-order valence-electron chi connectivity index (χ1n) is 6.24. The molecule has 0 aliphatic carbocycles. The van der Waals surface area contributed by atoms with Crippen LogP contribution < -0.4 is 5.32 Å². The number of amides is 1. The Kier molecular flexibility index (Phi) is 5.24. The van der Waals surface area contributed by atoms with E-state index in [4.69, 9.17) is 5.11 Å². The van der Waals surface area contributed by atoms with Gasteiger partial charge in [0, 0.05) is 35.0 Å². The number of hydrogen-bond acceptors (Lipinski definition) is 5. The SMILES string of the molecule is Cc1csc(CCNC(=O)c2ccc(C=CC(=O)O)s2)n1. The molecule has 5 nitrogen and oxygen atoms in total. The van der Waals surface area contributed by atoms with Crippen LogP contribution in [0.3, 0.4) is 0 Å². The molecule has 7 heteroatoms. The van der Waals surface area contributed by atoms with Gasteiger partial charge in [0.2, 0.25) is 0 Å². The predicted octanol–water partition coefficient (Wildman–Crippen LogP) is 2.58. The fraction of sp³-hybridized carbons (Fsp3) is 0.214. The zero-order chi connectivity index (χ0) is 15.2. The summed E-state index contributed by atoms with van der Waals surface area (Å²) in [5.41, 5.74) is 0.995. The van der Waals surface area contributed by atoms with E-state index in [1.807, 2.05) is 12.3 Å². The van der Waals surface area contributed by atoms with Crippen LogP contribution in [0.15, 0.2) is 23.6 Å². The summed E-state index contributed by atoms with van der Waals surface area (Å²) in [6.07, 6.45) is 3.24. The highest BCUT2D eigenvalue weighted by Crippen LogP contribution is 2.18. The van der Waals surface area contributed by atoms with Gasteiger partial charge in [0.05, 0.1) is 9.88 Å². The van der Waals surface area contributed by atoms with Gasteiger partial charge in [-0.25, -0.2) is 9.78 Å². The highest BCUT2D eigenvalue weighted by molar-refractivity contribution is 7.14. The van der Waals surface area contributed by atoms with Crippen molar-refractivity contribution in [2.24, 2.45) is 0 Å². The van der Waals surface area contributed by atoms with E-state index in [9.17, 15) is 9.59 Å². The van der Waals surface area contributed by atoms with Crippen molar-refractivity contribution in [1.82, 2.24) is 10.3 Å². The summed E-state index contributed by atoms with van der Waals surface area (Å²) in [4.78, 5) is 28.0. The third kappa shape index (κ3) is 4.80. The zero-order valence-electron chi connectivity index (χ0n) is 11.3. The van der Waals surface area contributed by atoms with E-state index in [0.717, 1.165) is 21.7 Å². The number of rotatable bonds is 6. The Bertz CT molecular complexity index is 673. The predicted molar refractivity (Wildman–Crippen MR) is 83.9 cm³/mol. The highest BCUT2D eigenvalue weighted by Gasteiger charge is 2.08. The van der Waals surface area contributed by atoms with Crippen LogP contribution in [0.4, 0.5) is 0 Å². The fourth-order valence-electron chi connectivity index (χ4n) is 1.61. The summed E-state index contributed by atoms with van der Waals surface area (Å²) in [5.74, 6) is -1.16. The van der Waals surface area contributed by atoms with Crippen molar-refractivity contribution in [3.05, 3.63) is 44.0 Å². The van der Waals surface area contributed by atoms with Crippen LogP contribution in [0.25, 0.3) is 6.08 Å². The molecule has 110 valence electrons. The molecule has 0 aliphatic rings. The molecule has 2 heterocycles. The maximum absolute atomic E-state index is 11.9. The van der Waals surface area contributed by atoms with Gasteiger partial charge in [-0.1, -0.05) is 0 Å². The van der Waals surface area contributed by atoms with E-state index in [2.05, 4.69) is 10.3 Å². The number of thiazole rings is 1. The van der Waals surface area contributed by atoms with Crippen molar-refractivity contribution >= 4 is 40.6 Å². The number of aromatic nitrogens is 1. The van der Waals surface area contributed by atoms with E-state index in [1.165, 1.54) is 17.4 Å². The molecule has 0 spiro atoms. The van der Waals surface area contributed by atoms with Crippen LogP contribution in [0.1, 0.15) is 25.3 Å². The molecule has 1 amide bonds. The molecule has 21 heavy (non-hydrogen) atoms. The van der Waals surface area contributed by atoms with Gasteiger partial charge in [0.1, 0.15) is 0 Å². The van der Waals surface area contributed by atoms with Crippen LogP contribution in [-0.4, -0.2) is 28.5 Å². The lowest BCUT2D eigenvalue weighted by Gasteiger charge is -2.01. The molecule has 0 unspecified atom stereocenters. The summed E-state index contributed by atoms with van der Waals surface area (Å²) in [6, 6.07) is 3.41. The Balaban J connectivity index is 1.84. The standard InChI is InChI=1S/C14H14N2O3S2/c1-9-8-20-12(16-9)6-7-15-14(19)11-4-2-10(21-11)3-5-13(17)18/h2-5,8H,6-7H2,1H3,(H,15,19)(H,17,18). The number of carbonyl (C=O) groups is 2. The van der Waals surface area contributed by atoms with E-state index in [1.54, 1.807) is 23.5 Å². The second kappa shape index (κ2) is 7.14. The zero-order valence-corrected chi connectivity index (χ0v) is 13.0. The molecule has 0 radical (unpaired) electrons. The summed E-state index contributed by atoms with van der Waals surface area (Å²) >= 11 is 2.84. The smallest absolute Gasteiger partial charge is 0.328 e. The van der Waals surface area contributed by atoms with Gasteiger partial charge in [-0.05, 0) is 25.1 Å². The average molecular weight is 322 g/mol. The minimum atomic E-state index is -1.01. The molecular formula is C14H14N2O3S2. The van der Waals surface area contributed by atoms with Gasteiger partial charge in [0.25, 0.3) is 5.91 Å². The maximum atomic E-state index is 11.9. The molecule has 0 aromatic carbocycles. The lowest BCUT2D eigenvalue weighted by molar-refractivity contribution is -0.131. The highest BCUT2D eigenvalue weighted by atomic mass is 32.1. The van der Waals surface area contributed by atoms with E-state index in [0.29, 0.717) is 17.8 Å². The number of hydrogen-bond donors (Lipinski definition) is 2. The largest absolute Gasteiger partial charge is 0.478 e. The molecule has 2 rings (SSSR count). The van der Waals surface area contributed by atoms with Gasteiger partial charge in [-0.15, -0.1) is 22.7 Å². The van der Waals surface area contributed by atoms with Crippen LogP contribution in [-0.2, 0) is 11.2 Å². The first-order chi connectivity index (χ1) is 10.0. The number of carboxylic acid groups (broad SMARTS) is 1. The number of nitrogens with one attached hydrogen (secondary N) is 1. The van der Waals surface area contributed by atoms with Crippen molar-refractivity contribution in [3.63, 3.8) is 0 Å². The quantitative estimate of drug-likeness (QED) is 0.801. The number of nitrogens with zero attached hydrogens (tertiary/aromatic N) is 1. The molecule has 2 N–H and O–H groups in total. The molecular weight excluding hydrogens is 308 g/mol. The summed E-state index contributed by atoms with van der Waals surface area (Å²) in [6.45, 7) is 2.47. The third-order valence-corrected chi connectivity index (χ3v) is 4.61. The Morgan fingerprint density at radius 1 is 1.43 bits per heavy atom. The molecule has 2 aromatic heterocycles.